The van der Waals surface area contributed by atoms with Gasteiger partial charge < -0.3 is 15.2 Å². The summed E-state index contributed by atoms with van der Waals surface area (Å²) in [6.45, 7) is 9.28. The van der Waals surface area contributed by atoms with Crippen LogP contribution >= 0.6 is 0 Å². The number of aryl methyl sites for hydroxylation is 1. The first-order valence-electron chi connectivity index (χ1n) is 8.80. The third-order valence-electron chi connectivity index (χ3n) is 4.50. The molecule has 140 valence electrons. The van der Waals surface area contributed by atoms with Crippen LogP contribution in [0.25, 0.3) is 5.69 Å². The van der Waals surface area contributed by atoms with E-state index in [-0.39, 0.29) is 23.7 Å². The van der Waals surface area contributed by atoms with Gasteiger partial charge in [0.1, 0.15) is 11.9 Å². The van der Waals surface area contributed by atoms with Crippen LogP contribution in [0.4, 0.5) is 4.39 Å². The van der Waals surface area contributed by atoms with E-state index in [4.69, 9.17) is 0 Å². The Bertz CT molecular complexity index is 796. The van der Waals surface area contributed by atoms with Gasteiger partial charge in [-0.05, 0) is 64.4 Å². The molecule has 2 N–H and O–H groups in total. The number of carbonyl (C=O) groups excluding carboxylic acids is 2. The fourth-order valence-electron chi connectivity index (χ4n) is 2.79. The van der Waals surface area contributed by atoms with Gasteiger partial charge in [0.2, 0.25) is 5.91 Å². The van der Waals surface area contributed by atoms with E-state index in [1.54, 1.807) is 25.1 Å². The summed E-state index contributed by atoms with van der Waals surface area (Å²) in [7, 11) is 0. The summed E-state index contributed by atoms with van der Waals surface area (Å²) in [5.41, 5.74) is 2.87. The Morgan fingerprint density at radius 2 is 1.73 bits per heavy atom. The molecule has 0 saturated carbocycles. The van der Waals surface area contributed by atoms with Crippen LogP contribution in [-0.4, -0.2) is 28.5 Å². The number of carbonyl (C=O) groups is 2. The third kappa shape index (κ3) is 4.31. The van der Waals surface area contributed by atoms with Crippen molar-refractivity contribution < 1.29 is 14.0 Å². The Morgan fingerprint density at radius 3 is 2.31 bits per heavy atom. The predicted molar refractivity (Wildman–Crippen MR) is 100 cm³/mol. The molecular formula is C20H26FN3O2. The number of benzene rings is 1. The van der Waals surface area contributed by atoms with Crippen LogP contribution < -0.4 is 10.6 Å². The highest BCUT2D eigenvalue weighted by molar-refractivity contribution is 5.98. The number of hydrogen-bond acceptors (Lipinski definition) is 2. The SMILES string of the molecule is CCC(C)NC(=O)C(C)NC(=O)c1cc(C)n(-c2ccc(F)cc2)c1C. The zero-order valence-corrected chi connectivity index (χ0v) is 15.9. The fourth-order valence-corrected chi connectivity index (χ4v) is 2.79. The fraction of sp³-hybridized carbons (Fsp3) is 0.400. The van der Waals surface area contributed by atoms with Crippen molar-refractivity contribution in [2.24, 2.45) is 0 Å². The predicted octanol–water partition coefficient (Wildman–Crippen LogP) is 3.27. The number of halogens is 1. The van der Waals surface area contributed by atoms with Crippen molar-refractivity contribution in [2.45, 2.75) is 53.1 Å². The Kier molecular flexibility index (Phi) is 6.18. The lowest BCUT2D eigenvalue weighted by atomic mass is 10.2. The number of amides is 2. The molecule has 0 bridgehead atoms. The minimum Gasteiger partial charge on any atom is -0.352 e. The van der Waals surface area contributed by atoms with E-state index >= 15 is 0 Å². The van der Waals surface area contributed by atoms with Crippen molar-refractivity contribution in [2.75, 3.05) is 0 Å². The maximum Gasteiger partial charge on any atom is 0.253 e. The van der Waals surface area contributed by atoms with Gasteiger partial charge in [-0.25, -0.2) is 4.39 Å². The number of nitrogens with one attached hydrogen (secondary N) is 2. The molecule has 0 aliphatic rings. The van der Waals surface area contributed by atoms with E-state index in [2.05, 4.69) is 10.6 Å². The second-order valence-electron chi connectivity index (χ2n) is 6.61. The largest absolute Gasteiger partial charge is 0.352 e. The van der Waals surface area contributed by atoms with Crippen molar-refractivity contribution in [3.63, 3.8) is 0 Å². The second-order valence-corrected chi connectivity index (χ2v) is 6.61. The highest BCUT2D eigenvalue weighted by Crippen LogP contribution is 2.21. The third-order valence-corrected chi connectivity index (χ3v) is 4.50. The van der Waals surface area contributed by atoms with E-state index in [1.165, 1.54) is 12.1 Å². The molecule has 2 aromatic rings. The molecule has 2 rings (SSSR count). The molecule has 6 heteroatoms. The standard InChI is InChI=1S/C20H26FN3O2/c1-6-12(2)22-19(25)14(4)23-20(26)18-11-13(3)24(15(18)5)17-9-7-16(21)8-10-17/h7-12,14H,6H2,1-5H3,(H,22,25)(H,23,26). The van der Waals surface area contributed by atoms with Gasteiger partial charge in [-0.15, -0.1) is 0 Å². The van der Waals surface area contributed by atoms with Gasteiger partial charge in [0.05, 0.1) is 5.56 Å². The molecule has 1 heterocycles. The van der Waals surface area contributed by atoms with Gasteiger partial charge in [0.25, 0.3) is 5.91 Å². The van der Waals surface area contributed by atoms with E-state index in [1.807, 2.05) is 32.3 Å². The first kappa shape index (κ1) is 19.7. The lowest BCUT2D eigenvalue weighted by molar-refractivity contribution is -0.123. The van der Waals surface area contributed by atoms with Crippen molar-refractivity contribution in [1.29, 1.82) is 0 Å². The summed E-state index contributed by atoms with van der Waals surface area (Å²) < 4.78 is 15.0. The molecule has 0 aliphatic carbocycles. The summed E-state index contributed by atoms with van der Waals surface area (Å²) in [5.74, 6) is -0.825. The molecule has 0 saturated heterocycles. The summed E-state index contributed by atoms with van der Waals surface area (Å²) >= 11 is 0. The van der Waals surface area contributed by atoms with E-state index in [0.717, 1.165) is 23.5 Å². The highest BCUT2D eigenvalue weighted by Gasteiger charge is 2.21. The molecule has 0 radical (unpaired) electrons. The van der Waals surface area contributed by atoms with Crippen LogP contribution in [0.2, 0.25) is 0 Å². The van der Waals surface area contributed by atoms with E-state index in [9.17, 15) is 14.0 Å². The van der Waals surface area contributed by atoms with E-state index < -0.39 is 6.04 Å². The van der Waals surface area contributed by atoms with Crippen molar-refractivity contribution >= 4 is 11.8 Å². The molecule has 1 aromatic heterocycles. The van der Waals surface area contributed by atoms with Crippen molar-refractivity contribution in [3.05, 3.63) is 53.1 Å². The molecule has 1 aromatic carbocycles. The molecular weight excluding hydrogens is 333 g/mol. The minimum atomic E-state index is -0.634. The average molecular weight is 359 g/mol. The van der Waals surface area contributed by atoms with Crippen molar-refractivity contribution in [3.8, 4) is 5.69 Å². The highest BCUT2D eigenvalue weighted by atomic mass is 19.1. The Labute approximate surface area is 153 Å². The van der Waals surface area contributed by atoms with Crippen LogP contribution in [0, 0.1) is 19.7 Å². The van der Waals surface area contributed by atoms with Crippen LogP contribution in [-0.2, 0) is 4.79 Å². The number of rotatable bonds is 6. The van der Waals surface area contributed by atoms with Crippen LogP contribution in [0.15, 0.2) is 30.3 Å². The monoisotopic (exact) mass is 359 g/mol. The summed E-state index contributed by atoms with van der Waals surface area (Å²) in [5, 5.41) is 5.60. The zero-order valence-electron chi connectivity index (χ0n) is 15.9. The number of aromatic nitrogens is 1. The molecule has 26 heavy (non-hydrogen) atoms. The van der Waals surface area contributed by atoms with Gasteiger partial charge in [0, 0.05) is 23.1 Å². The summed E-state index contributed by atoms with van der Waals surface area (Å²) in [6.07, 6.45) is 0.825. The molecule has 2 amide bonds. The summed E-state index contributed by atoms with van der Waals surface area (Å²) in [4.78, 5) is 24.7. The molecule has 5 nitrogen and oxygen atoms in total. The average Bonchev–Trinajstić information content (AvgIpc) is 2.90. The maximum absolute atomic E-state index is 13.2. The van der Waals surface area contributed by atoms with Gasteiger partial charge in [0.15, 0.2) is 0 Å². The first-order valence-corrected chi connectivity index (χ1v) is 8.80. The first-order chi connectivity index (χ1) is 12.2. The van der Waals surface area contributed by atoms with Gasteiger partial charge in [-0.2, -0.15) is 0 Å². The topological polar surface area (TPSA) is 63.1 Å². The van der Waals surface area contributed by atoms with Gasteiger partial charge in [-0.3, -0.25) is 9.59 Å². The molecule has 0 aliphatic heterocycles. The lowest BCUT2D eigenvalue weighted by Crippen LogP contribution is -2.47. The molecule has 0 fully saturated rings. The molecule has 0 spiro atoms. The second kappa shape index (κ2) is 8.17. The summed E-state index contributed by atoms with van der Waals surface area (Å²) in [6, 6.07) is 7.30. The Balaban J connectivity index is 2.19. The Morgan fingerprint density at radius 1 is 1.12 bits per heavy atom. The molecule has 2 unspecified atom stereocenters. The maximum atomic E-state index is 13.2. The lowest BCUT2D eigenvalue weighted by Gasteiger charge is -2.17. The zero-order chi connectivity index (χ0) is 19.4. The van der Waals surface area contributed by atoms with Crippen molar-refractivity contribution in [1.82, 2.24) is 15.2 Å². The van der Waals surface area contributed by atoms with Gasteiger partial charge in [-0.1, -0.05) is 6.92 Å². The quantitative estimate of drug-likeness (QED) is 0.831. The van der Waals surface area contributed by atoms with Crippen LogP contribution in [0.3, 0.4) is 0 Å². The van der Waals surface area contributed by atoms with E-state index in [0.29, 0.717) is 5.56 Å². The number of hydrogen-bond donors (Lipinski definition) is 2. The Hall–Kier alpha value is -2.63. The normalized spacial score (nSPS) is 13.2. The smallest absolute Gasteiger partial charge is 0.253 e. The van der Waals surface area contributed by atoms with Crippen LogP contribution in [0.5, 0.6) is 0 Å². The minimum absolute atomic E-state index is 0.0605. The van der Waals surface area contributed by atoms with Gasteiger partial charge >= 0.3 is 0 Å². The molecule has 2 atom stereocenters. The number of nitrogens with zero attached hydrogens (tertiary/aromatic N) is 1. The van der Waals surface area contributed by atoms with Crippen LogP contribution in [0.1, 0.15) is 48.9 Å².